The normalized spacial score (nSPS) is 21.1. The van der Waals surface area contributed by atoms with Crippen LogP contribution in [0, 0.1) is 0 Å². The van der Waals surface area contributed by atoms with E-state index < -0.39 is 5.54 Å². The van der Waals surface area contributed by atoms with E-state index in [9.17, 15) is 0 Å². The Hall–Kier alpha value is -1.66. The second kappa shape index (κ2) is 10.4. The Morgan fingerprint density at radius 2 is 1.92 bits per heavy atom. The van der Waals surface area contributed by atoms with Gasteiger partial charge in [0.15, 0.2) is 0 Å². The molecule has 25 heavy (non-hydrogen) atoms. The maximum Gasteiger partial charge on any atom is 0.142 e. The van der Waals surface area contributed by atoms with Crippen LogP contribution in [-0.4, -0.2) is 10.7 Å². The monoisotopic (exact) mass is 382 g/mol. The van der Waals surface area contributed by atoms with Crippen LogP contribution >= 0.6 is 24.8 Å². The average Bonchev–Trinajstić information content (AvgIpc) is 2.64. The van der Waals surface area contributed by atoms with Crippen LogP contribution < -0.4 is 11.3 Å². The molecular formula is C18H24Cl2N4O. The van der Waals surface area contributed by atoms with E-state index in [0.717, 1.165) is 42.5 Å². The van der Waals surface area contributed by atoms with Crippen molar-refractivity contribution in [2.45, 2.75) is 37.8 Å². The third-order valence-electron chi connectivity index (χ3n) is 4.36. The van der Waals surface area contributed by atoms with Crippen LogP contribution in [0.5, 0.6) is 0 Å². The second-order valence-corrected chi connectivity index (χ2v) is 5.80. The van der Waals surface area contributed by atoms with Crippen molar-refractivity contribution in [2.75, 3.05) is 0 Å². The summed E-state index contributed by atoms with van der Waals surface area (Å²) >= 11 is 0. The summed E-state index contributed by atoms with van der Waals surface area (Å²) in [6.45, 7) is 0.456. The number of rotatable bonds is 5. The molecule has 1 fully saturated rings. The first-order chi connectivity index (χ1) is 11.3. The third kappa shape index (κ3) is 4.92. The highest BCUT2D eigenvalue weighted by Gasteiger charge is 2.39. The lowest BCUT2D eigenvalue weighted by molar-refractivity contribution is 0.125. The van der Waals surface area contributed by atoms with Crippen molar-refractivity contribution in [1.82, 2.24) is 10.4 Å². The molecule has 0 amide bonds. The lowest BCUT2D eigenvalue weighted by Crippen LogP contribution is -2.54. The van der Waals surface area contributed by atoms with Gasteiger partial charge < -0.3 is 4.84 Å². The Morgan fingerprint density at radius 3 is 2.60 bits per heavy atom. The molecular weight excluding hydrogens is 359 g/mol. The summed E-state index contributed by atoms with van der Waals surface area (Å²) in [4.78, 5) is 9.83. The smallest absolute Gasteiger partial charge is 0.142 e. The van der Waals surface area contributed by atoms with E-state index in [-0.39, 0.29) is 24.8 Å². The van der Waals surface area contributed by atoms with Gasteiger partial charge in [0.2, 0.25) is 0 Å². The standard InChI is InChI=1S/C18H22N4O.2ClH/c19-22-18(16-9-6-12-20-13-16)11-5-4-10-17(18)21-23-14-15-7-2-1-3-8-15;;/h1-3,6-9,12-13,22H,4-5,10-11,14,19H2;2*1H. The number of oxime groups is 1. The van der Waals surface area contributed by atoms with E-state index in [4.69, 9.17) is 10.7 Å². The maximum atomic E-state index is 5.93. The number of hydrazine groups is 1. The van der Waals surface area contributed by atoms with E-state index >= 15 is 0 Å². The molecule has 136 valence electrons. The summed E-state index contributed by atoms with van der Waals surface area (Å²) in [6, 6.07) is 14.0. The zero-order valence-electron chi connectivity index (χ0n) is 13.9. The Kier molecular flexibility index (Phi) is 8.86. The minimum absolute atomic E-state index is 0. The molecule has 1 heterocycles. The number of nitrogens with one attached hydrogen (secondary N) is 1. The molecule has 0 saturated heterocycles. The minimum atomic E-state index is -0.483. The van der Waals surface area contributed by atoms with Gasteiger partial charge in [0, 0.05) is 12.4 Å². The molecule has 5 nitrogen and oxygen atoms in total. The zero-order chi connectivity index (χ0) is 16.0. The van der Waals surface area contributed by atoms with Crippen LogP contribution in [0.25, 0.3) is 0 Å². The molecule has 1 aliphatic carbocycles. The quantitative estimate of drug-likeness (QED) is 0.610. The number of aromatic nitrogens is 1. The zero-order valence-corrected chi connectivity index (χ0v) is 15.6. The lowest BCUT2D eigenvalue weighted by Gasteiger charge is -2.37. The van der Waals surface area contributed by atoms with Crippen molar-refractivity contribution in [3.63, 3.8) is 0 Å². The summed E-state index contributed by atoms with van der Waals surface area (Å²) in [5, 5.41) is 4.43. The molecule has 0 aliphatic heterocycles. The molecule has 7 heteroatoms. The predicted molar refractivity (Wildman–Crippen MR) is 105 cm³/mol. The van der Waals surface area contributed by atoms with Crippen molar-refractivity contribution in [2.24, 2.45) is 11.0 Å². The molecule has 1 aromatic carbocycles. The van der Waals surface area contributed by atoms with Crippen molar-refractivity contribution in [1.29, 1.82) is 0 Å². The topological polar surface area (TPSA) is 72.5 Å². The lowest BCUT2D eigenvalue weighted by atomic mass is 9.76. The molecule has 3 rings (SSSR count). The third-order valence-corrected chi connectivity index (χ3v) is 4.36. The fraction of sp³-hybridized carbons (Fsp3) is 0.333. The van der Waals surface area contributed by atoms with Crippen LogP contribution in [0.4, 0.5) is 0 Å². The first-order valence-corrected chi connectivity index (χ1v) is 7.97. The van der Waals surface area contributed by atoms with Crippen molar-refractivity contribution in [3.8, 4) is 0 Å². The van der Waals surface area contributed by atoms with Gasteiger partial charge in [-0.1, -0.05) is 48.0 Å². The minimum Gasteiger partial charge on any atom is -0.391 e. The number of halogens is 2. The fourth-order valence-corrected chi connectivity index (χ4v) is 3.09. The molecule has 1 aliphatic rings. The second-order valence-electron chi connectivity index (χ2n) is 5.80. The van der Waals surface area contributed by atoms with Gasteiger partial charge in [-0.3, -0.25) is 10.8 Å². The van der Waals surface area contributed by atoms with Gasteiger partial charge in [0.25, 0.3) is 0 Å². The Bertz CT molecular complexity index is 655. The van der Waals surface area contributed by atoms with E-state index in [2.05, 4.69) is 15.6 Å². The predicted octanol–water partition coefficient (Wildman–Crippen LogP) is 3.73. The molecule has 3 N–H and O–H groups in total. The number of pyridine rings is 1. The Balaban J connectivity index is 0.00000156. The van der Waals surface area contributed by atoms with E-state index in [0.29, 0.717) is 6.61 Å². The van der Waals surface area contributed by atoms with Crippen molar-refractivity contribution >= 4 is 30.5 Å². The van der Waals surface area contributed by atoms with E-state index in [1.54, 1.807) is 6.20 Å². The van der Waals surface area contributed by atoms with Gasteiger partial charge in [-0.05, 0) is 36.5 Å². The largest absolute Gasteiger partial charge is 0.391 e. The number of hydrogen-bond donors (Lipinski definition) is 2. The van der Waals surface area contributed by atoms with Crippen LogP contribution in [0.1, 0.15) is 36.8 Å². The fourth-order valence-electron chi connectivity index (χ4n) is 3.09. The Labute approximate surface area is 160 Å². The SMILES string of the molecule is Cl.Cl.NNC1(c2cccnc2)CCCCC1=NOCc1ccccc1. The van der Waals surface area contributed by atoms with Gasteiger partial charge in [-0.15, -0.1) is 24.8 Å². The van der Waals surface area contributed by atoms with Gasteiger partial charge in [0.1, 0.15) is 6.61 Å². The van der Waals surface area contributed by atoms with E-state index in [1.165, 1.54) is 0 Å². The van der Waals surface area contributed by atoms with Gasteiger partial charge in [-0.25, -0.2) is 5.43 Å². The first kappa shape index (κ1) is 21.4. The highest BCUT2D eigenvalue weighted by molar-refractivity contribution is 5.94. The van der Waals surface area contributed by atoms with Crippen molar-refractivity contribution < 1.29 is 4.84 Å². The molecule has 0 bridgehead atoms. The summed E-state index contributed by atoms with van der Waals surface area (Å²) in [5.41, 5.74) is 5.57. The molecule has 1 atom stereocenters. The summed E-state index contributed by atoms with van der Waals surface area (Å²) in [6.07, 6.45) is 7.56. The molecule has 1 unspecified atom stereocenters. The van der Waals surface area contributed by atoms with Gasteiger partial charge in [0.05, 0.1) is 11.3 Å². The summed E-state index contributed by atoms with van der Waals surface area (Å²) in [5.74, 6) is 5.93. The maximum absolute atomic E-state index is 5.93. The highest BCUT2D eigenvalue weighted by atomic mass is 35.5. The molecule has 0 radical (unpaired) electrons. The number of benzene rings is 1. The van der Waals surface area contributed by atoms with Gasteiger partial charge in [-0.2, -0.15) is 0 Å². The molecule has 1 saturated carbocycles. The highest BCUT2D eigenvalue weighted by Crippen LogP contribution is 2.34. The van der Waals surface area contributed by atoms with E-state index in [1.807, 2.05) is 48.7 Å². The van der Waals surface area contributed by atoms with Crippen LogP contribution in [0.3, 0.4) is 0 Å². The average molecular weight is 383 g/mol. The summed E-state index contributed by atoms with van der Waals surface area (Å²) < 4.78 is 0. The summed E-state index contributed by atoms with van der Waals surface area (Å²) in [7, 11) is 0. The van der Waals surface area contributed by atoms with Crippen molar-refractivity contribution in [3.05, 3.63) is 66.0 Å². The number of hydrogen-bond acceptors (Lipinski definition) is 5. The molecule has 1 aromatic heterocycles. The van der Waals surface area contributed by atoms with Crippen LogP contribution in [0.2, 0.25) is 0 Å². The van der Waals surface area contributed by atoms with Crippen LogP contribution in [0.15, 0.2) is 60.0 Å². The number of nitrogens with zero attached hydrogens (tertiary/aromatic N) is 2. The number of nitrogens with two attached hydrogens (primary N) is 1. The molecule has 2 aromatic rings. The first-order valence-electron chi connectivity index (χ1n) is 7.97. The Morgan fingerprint density at radius 1 is 1.12 bits per heavy atom. The molecule has 0 spiro atoms. The van der Waals surface area contributed by atoms with Crippen LogP contribution in [-0.2, 0) is 17.0 Å². The van der Waals surface area contributed by atoms with Gasteiger partial charge >= 0.3 is 0 Å².